The minimum Gasteiger partial charge on any atom is -0.368 e. The first-order chi connectivity index (χ1) is 8.48. The van der Waals surface area contributed by atoms with E-state index in [2.05, 4.69) is 36.7 Å². The van der Waals surface area contributed by atoms with E-state index in [9.17, 15) is 0 Å². The van der Waals surface area contributed by atoms with Crippen LogP contribution in [-0.2, 0) is 11.3 Å². The Labute approximate surface area is 109 Å². The summed E-state index contributed by atoms with van der Waals surface area (Å²) >= 11 is 0. The normalized spacial score (nSPS) is 24.1. The zero-order valence-corrected chi connectivity index (χ0v) is 11.5. The Kier molecular flexibility index (Phi) is 4.00. The van der Waals surface area contributed by atoms with E-state index >= 15 is 0 Å². The second-order valence-electron chi connectivity index (χ2n) is 5.78. The maximum Gasteiger partial charge on any atom is 0.0831 e. The van der Waals surface area contributed by atoms with Crippen LogP contribution in [0.25, 0.3) is 0 Å². The van der Waals surface area contributed by atoms with Crippen molar-refractivity contribution in [1.29, 1.82) is 0 Å². The highest BCUT2D eigenvalue weighted by Gasteiger charge is 2.32. The summed E-state index contributed by atoms with van der Waals surface area (Å²) in [6.45, 7) is 9.63. The molecular weight excluding hydrogens is 226 g/mol. The van der Waals surface area contributed by atoms with Crippen molar-refractivity contribution in [3.63, 3.8) is 0 Å². The fourth-order valence-electron chi connectivity index (χ4n) is 2.62. The van der Waals surface area contributed by atoms with Gasteiger partial charge in [0.25, 0.3) is 0 Å². The number of hydrogen-bond donors (Lipinski definition) is 1. The van der Waals surface area contributed by atoms with Crippen molar-refractivity contribution in [2.24, 2.45) is 5.73 Å². The molecule has 1 aromatic rings. The van der Waals surface area contributed by atoms with Crippen molar-refractivity contribution >= 4 is 0 Å². The molecule has 2 N–H and O–H groups in total. The number of aryl methyl sites for hydroxylation is 1. The largest absolute Gasteiger partial charge is 0.368 e. The van der Waals surface area contributed by atoms with Crippen LogP contribution >= 0.6 is 0 Å². The standard InChI is InChI=1S/C14H23N3O/c1-11-4-12(7-16-6-11)8-17-9-13(5-15)18-14(2,3)10-17/h4,6-7,13H,5,8-10,15H2,1-3H3. The molecule has 100 valence electrons. The van der Waals surface area contributed by atoms with E-state index in [0.29, 0.717) is 6.54 Å². The smallest absolute Gasteiger partial charge is 0.0831 e. The van der Waals surface area contributed by atoms with E-state index < -0.39 is 0 Å². The monoisotopic (exact) mass is 249 g/mol. The molecule has 18 heavy (non-hydrogen) atoms. The van der Waals surface area contributed by atoms with Gasteiger partial charge in [-0.05, 0) is 31.9 Å². The summed E-state index contributed by atoms with van der Waals surface area (Å²) in [6, 6.07) is 2.19. The Hall–Kier alpha value is -0.970. The van der Waals surface area contributed by atoms with Crippen molar-refractivity contribution in [3.05, 3.63) is 29.6 Å². The maximum absolute atomic E-state index is 5.93. The van der Waals surface area contributed by atoms with E-state index in [1.165, 1.54) is 11.1 Å². The third kappa shape index (κ3) is 3.51. The first kappa shape index (κ1) is 13.5. The molecule has 1 aromatic heterocycles. The van der Waals surface area contributed by atoms with Crippen LogP contribution in [0.4, 0.5) is 0 Å². The number of pyridine rings is 1. The van der Waals surface area contributed by atoms with E-state index in [-0.39, 0.29) is 11.7 Å². The number of nitrogens with two attached hydrogens (primary N) is 1. The fraction of sp³-hybridized carbons (Fsp3) is 0.643. The van der Waals surface area contributed by atoms with Crippen molar-refractivity contribution < 1.29 is 4.74 Å². The summed E-state index contributed by atoms with van der Waals surface area (Å²) in [6.07, 6.45) is 3.95. The summed E-state index contributed by atoms with van der Waals surface area (Å²) in [4.78, 5) is 6.64. The van der Waals surface area contributed by atoms with Gasteiger partial charge >= 0.3 is 0 Å². The Morgan fingerprint density at radius 1 is 1.50 bits per heavy atom. The molecular formula is C14H23N3O. The maximum atomic E-state index is 5.93. The molecule has 0 spiro atoms. The van der Waals surface area contributed by atoms with Gasteiger partial charge in [0.2, 0.25) is 0 Å². The number of aromatic nitrogens is 1. The van der Waals surface area contributed by atoms with Gasteiger partial charge in [-0.1, -0.05) is 6.07 Å². The van der Waals surface area contributed by atoms with Gasteiger partial charge in [0.05, 0.1) is 11.7 Å². The molecule has 1 fully saturated rings. The zero-order valence-electron chi connectivity index (χ0n) is 11.5. The summed E-state index contributed by atoms with van der Waals surface area (Å²) in [5, 5.41) is 0. The topological polar surface area (TPSA) is 51.4 Å². The Balaban J connectivity index is 2.04. The zero-order chi connectivity index (χ0) is 13.2. The molecule has 1 saturated heterocycles. The summed E-state index contributed by atoms with van der Waals surface area (Å²) in [5.74, 6) is 0. The molecule has 0 radical (unpaired) electrons. The Morgan fingerprint density at radius 2 is 2.28 bits per heavy atom. The summed E-state index contributed by atoms with van der Waals surface area (Å²) < 4.78 is 5.93. The van der Waals surface area contributed by atoms with Gasteiger partial charge < -0.3 is 10.5 Å². The number of hydrogen-bond acceptors (Lipinski definition) is 4. The van der Waals surface area contributed by atoms with Crippen LogP contribution < -0.4 is 5.73 Å². The molecule has 4 nitrogen and oxygen atoms in total. The highest BCUT2D eigenvalue weighted by molar-refractivity contribution is 5.16. The fourth-order valence-corrected chi connectivity index (χ4v) is 2.62. The van der Waals surface area contributed by atoms with Crippen LogP contribution in [0.5, 0.6) is 0 Å². The van der Waals surface area contributed by atoms with Crippen molar-refractivity contribution in [1.82, 2.24) is 9.88 Å². The predicted molar refractivity (Wildman–Crippen MR) is 72.3 cm³/mol. The number of morpholine rings is 1. The summed E-state index contributed by atoms with van der Waals surface area (Å²) in [5.41, 5.74) is 8.07. The molecule has 0 amide bonds. The molecule has 0 aromatic carbocycles. The second-order valence-corrected chi connectivity index (χ2v) is 5.78. The minimum atomic E-state index is -0.125. The van der Waals surface area contributed by atoms with Gasteiger partial charge in [-0.25, -0.2) is 0 Å². The van der Waals surface area contributed by atoms with E-state index in [1.54, 1.807) is 0 Å². The Bertz CT molecular complexity index is 406. The van der Waals surface area contributed by atoms with Crippen LogP contribution in [0.15, 0.2) is 18.5 Å². The van der Waals surface area contributed by atoms with Crippen molar-refractivity contribution in [2.75, 3.05) is 19.6 Å². The minimum absolute atomic E-state index is 0.125. The van der Waals surface area contributed by atoms with Crippen LogP contribution in [0.3, 0.4) is 0 Å². The van der Waals surface area contributed by atoms with Gasteiger partial charge in [-0.2, -0.15) is 0 Å². The van der Waals surface area contributed by atoms with Gasteiger partial charge in [0, 0.05) is 38.6 Å². The third-order valence-corrected chi connectivity index (χ3v) is 3.15. The van der Waals surface area contributed by atoms with Crippen molar-refractivity contribution in [3.8, 4) is 0 Å². The molecule has 4 heteroatoms. The first-order valence-electron chi connectivity index (χ1n) is 6.49. The first-order valence-corrected chi connectivity index (χ1v) is 6.49. The van der Waals surface area contributed by atoms with Crippen molar-refractivity contribution in [2.45, 2.75) is 39.0 Å². The van der Waals surface area contributed by atoms with Gasteiger partial charge in [-0.15, -0.1) is 0 Å². The number of rotatable bonds is 3. The molecule has 0 saturated carbocycles. The molecule has 2 heterocycles. The van der Waals surface area contributed by atoms with E-state index in [4.69, 9.17) is 10.5 Å². The molecule has 2 rings (SSSR count). The van der Waals surface area contributed by atoms with Crippen LogP contribution in [0, 0.1) is 6.92 Å². The van der Waals surface area contributed by atoms with Gasteiger partial charge in [0.1, 0.15) is 0 Å². The average Bonchev–Trinajstić information content (AvgIpc) is 2.26. The highest BCUT2D eigenvalue weighted by atomic mass is 16.5. The predicted octanol–water partition coefficient (Wildman–Crippen LogP) is 1.33. The van der Waals surface area contributed by atoms with Gasteiger partial charge in [0.15, 0.2) is 0 Å². The van der Waals surface area contributed by atoms with E-state index in [0.717, 1.165) is 19.6 Å². The second kappa shape index (κ2) is 5.34. The van der Waals surface area contributed by atoms with E-state index in [1.807, 2.05) is 12.4 Å². The number of ether oxygens (including phenoxy) is 1. The van der Waals surface area contributed by atoms with Crippen LogP contribution in [-0.4, -0.2) is 41.2 Å². The SMILES string of the molecule is Cc1cncc(CN2CC(CN)OC(C)(C)C2)c1. The van der Waals surface area contributed by atoms with Gasteiger partial charge in [-0.3, -0.25) is 9.88 Å². The van der Waals surface area contributed by atoms with Crippen LogP contribution in [0.1, 0.15) is 25.0 Å². The molecule has 1 unspecified atom stereocenters. The lowest BCUT2D eigenvalue weighted by molar-refractivity contribution is -0.133. The average molecular weight is 249 g/mol. The lowest BCUT2D eigenvalue weighted by Crippen LogP contribution is -2.54. The lowest BCUT2D eigenvalue weighted by atomic mass is 10.0. The summed E-state index contributed by atoms with van der Waals surface area (Å²) in [7, 11) is 0. The molecule has 0 aliphatic carbocycles. The molecule has 1 atom stereocenters. The third-order valence-electron chi connectivity index (χ3n) is 3.15. The quantitative estimate of drug-likeness (QED) is 0.878. The Morgan fingerprint density at radius 3 is 2.94 bits per heavy atom. The molecule has 0 bridgehead atoms. The molecule has 1 aliphatic heterocycles. The van der Waals surface area contributed by atoms with Crippen LogP contribution in [0.2, 0.25) is 0 Å². The lowest BCUT2D eigenvalue weighted by Gasteiger charge is -2.42. The number of nitrogens with zero attached hydrogens (tertiary/aromatic N) is 2. The highest BCUT2D eigenvalue weighted by Crippen LogP contribution is 2.22. The molecule has 1 aliphatic rings.